The zero-order valence-corrected chi connectivity index (χ0v) is 22.0. The number of carbonyl (C=O) groups excluding carboxylic acids is 1. The minimum Gasteiger partial charge on any atom is -0.426 e. The maximum absolute atomic E-state index is 13.3. The van der Waals surface area contributed by atoms with Crippen LogP contribution in [-0.4, -0.2) is 25.7 Å². The van der Waals surface area contributed by atoms with Gasteiger partial charge in [-0.1, -0.05) is 66.7 Å². The van der Waals surface area contributed by atoms with Crippen LogP contribution in [0, 0.1) is 5.41 Å². The summed E-state index contributed by atoms with van der Waals surface area (Å²) in [5, 5.41) is 3.33. The molecule has 1 aliphatic rings. The van der Waals surface area contributed by atoms with Gasteiger partial charge in [0.2, 0.25) is 0 Å². The normalized spacial score (nSPS) is 14.3. The fourth-order valence-electron chi connectivity index (χ4n) is 4.21. The Bertz CT molecular complexity index is 1160. The summed E-state index contributed by atoms with van der Waals surface area (Å²) in [6, 6.07) is 26.6. The lowest BCUT2D eigenvalue weighted by molar-refractivity contribution is -0.142. The Balaban J connectivity index is 0.00000361. The van der Waals surface area contributed by atoms with Crippen LogP contribution in [-0.2, 0) is 4.79 Å². The van der Waals surface area contributed by atoms with Crippen LogP contribution in [0.15, 0.2) is 78.9 Å². The number of benzene rings is 3. The van der Waals surface area contributed by atoms with Crippen molar-refractivity contribution in [2.45, 2.75) is 39.5 Å². The topological polar surface area (TPSA) is 38.3 Å². The highest BCUT2D eigenvalue weighted by atomic mass is 35.5. The molecule has 0 spiro atoms. The monoisotopic (exact) mass is 507 g/mol. The zero-order chi connectivity index (χ0) is 24.8. The number of carbonyl (C=O) groups is 1. The lowest BCUT2D eigenvalue weighted by Crippen LogP contribution is -2.39. The number of ether oxygens (including phenoxy) is 1. The second kappa shape index (κ2) is 12.3. The van der Waals surface area contributed by atoms with Crippen LogP contribution < -0.4 is 10.1 Å². The molecule has 0 unspecified atom stereocenters. The number of esters is 1. The minimum atomic E-state index is -0.575. The van der Waals surface area contributed by atoms with Gasteiger partial charge in [-0.3, -0.25) is 9.18 Å². The molecule has 1 fully saturated rings. The van der Waals surface area contributed by atoms with Crippen LogP contribution in [0.5, 0.6) is 5.75 Å². The maximum atomic E-state index is 13.3. The molecule has 0 bridgehead atoms. The van der Waals surface area contributed by atoms with Crippen molar-refractivity contribution in [3.63, 3.8) is 0 Å². The van der Waals surface area contributed by atoms with E-state index in [0.717, 1.165) is 40.9 Å². The summed E-state index contributed by atoms with van der Waals surface area (Å²) in [5.41, 5.74) is 6.15. The first kappa shape index (κ1) is 27.6. The van der Waals surface area contributed by atoms with Crippen LogP contribution >= 0.6 is 12.4 Å². The van der Waals surface area contributed by atoms with E-state index in [4.69, 9.17) is 4.74 Å². The summed E-state index contributed by atoms with van der Waals surface area (Å²) in [4.78, 5) is 12.3. The van der Waals surface area contributed by atoms with Crippen LogP contribution in [0.1, 0.15) is 61.8 Å². The van der Waals surface area contributed by atoms with E-state index in [9.17, 15) is 9.18 Å². The molecular formula is C31H35ClFNO2. The van der Waals surface area contributed by atoms with Gasteiger partial charge in [-0.15, -0.1) is 12.4 Å². The summed E-state index contributed by atoms with van der Waals surface area (Å²) in [7, 11) is 0. The van der Waals surface area contributed by atoms with Gasteiger partial charge in [-0.25, -0.2) is 0 Å². The Kier molecular flexibility index (Phi) is 9.47. The summed E-state index contributed by atoms with van der Waals surface area (Å²) in [6.45, 7) is 7.19. The minimum absolute atomic E-state index is 0. The number of hydrogen-bond acceptors (Lipinski definition) is 3. The van der Waals surface area contributed by atoms with Crippen molar-refractivity contribution in [2.24, 2.45) is 5.41 Å². The number of hydrogen-bond donors (Lipinski definition) is 1. The van der Waals surface area contributed by atoms with Crippen molar-refractivity contribution in [3.8, 4) is 5.75 Å². The fourth-order valence-corrected chi connectivity index (χ4v) is 4.21. The van der Waals surface area contributed by atoms with Gasteiger partial charge >= 0.3 is 5.97 Å². The standard InChI is InChI=1S/C31H34FNO2.ClH/c1-31(2,3)30(34)35-27-17-15-25(16-18-27)29(24-13-11-22(12-14-24)26-20-33-21-26)28(10-7-19-32)23-8-5-4-6-9-23;/h4-6,8-9,11-18,26,33H,7,10,19-21H2,1-3H3;1H/b29-28+;. The first-order chi connectivity index (χ1) is 16.9. The molecule has 0 aromatic heterocycles. The van der Waals surface area contributed by atoms with E-state index in [1.165, 1.54) is 5.56 Å². The average molecular weight is 508 g/mol. The lowest BCUT2D eigenvalue weighted by Gasteiger charge is -2.27. The van der Waals surface area contributed by atoms with Crippen molar-refractivity contribution in [3.05, 3.63) is 101 Å². The Morgan fingerprint density at radius 2 is 1.47 bits per heavy atom. The first-order valence-electron chi connectivity index (χ1n) is 12.3. The number of halogens is 2. The molecule has 1 N–H and O–H groups in total. The van der Waals surface area contributed by atoms with Crippen molar-refractivity contribution < 1.29 is 13.9 Å². The largest absolute Gasteiger partial charge is 0.426 e. The van der Waals surface area contributed by atoms with E-state index in [1.54, 1.807) is 0 Å². The van der Waals surface area contributed by atoms with Crippen LogP contribution in [0.4, 0.5) is 4.39 Å². The lowest BCUT2D eigenvalue weighted by atomic mass is 9.85. The molecule has 0 amide bonds. The molecule has 3 nitrogen and oxygen atoms in total. The number of nitrogens with one attached hydrogen (secondary N) is 1. The highest BCUT2D eigenvalue weighted by molar-refractivity contribution is 5.98. The molecule has 3 aromatic rings. The van der Waals surface area contributed by atoms with Gasteiger partial charge in [0.25, 0.3) is 0 Å². The molecule has 36 heavy (non-hydrogen) atoms. The molecule has 3 aromatic carbocycles. The molecule has 190 valence electrons. The third-order valence-electron chi connectivity index (χ3n) is 6.40. The van der Waals surface area contributed by atoms with Crippen LogP contribution in [0.3, 0.4) is 0 Å². The molecule has 0 saturated carbocycles. The molecule has 0 aliphatic carbocycles. The van der Waals surface area contributed by atoms with Gasteiger partial charge in [-0.2, -0.15) is 0 Å². The molecule has 4 rings (SSSR count). The van der Waals surface area contributed by atoms with E-state index in [-0.39, 0.29) is 25.1 Å². The maximum Gasteiger partial charge on any atom is 0.316 e. The predicted octanol–water partition coefficient (Wildman–Crippen LogP) is 7.46. The quantitative estimate of drug-likeness (QED) is 0.195. The summed E-state index contributed by atoms with van der Waals surface area (Å²) < 4.78 is 18.9. The summed E-state index contributed by atoms with van der Waals surface area (Å²) >= 11 is 0. The molecular weight excluding hydrogens is 473 g/mol. The third-order valence-corrected chi connectivity index (χ3v) is 6.40. The Hall–Kier alpha value is -2.95. The van der Waals surface area contributed by atoms with E-state index < -0.39 is 5.41 Å². The fraction of sp³-hybridized carbons (Fsp3) is 0.323. The molecule has 1 aliphatic heterocycles. The molecule has 0 atom stereocenters. The van der Waals surface area contributed by atoms with Crippen LogP contribution in [0.2, 0.25) is 0 Å². The SMILES string of the molecule is CC(C)(C)C(=O)Oc1ccc(/C(=C(\CCCF)c2ccccc2)c2ccc(C3CNC3)cc2)cc1.Cl. The average Bonchev–Trinajstić information content (AvgIpc) is 2.82. The Morgan fingerprint density at radius 3 is 1.97 bits per heavy atom. The number of rotatable bonds is 8. The smallest absolute Gasteiger partial charge is 0.316 e. The second-order valence-electron chi connectivity index (χ2n) is 10.2. The number of alkyl halides is 1. The van der Waals surface area contributed by atoms with E-state index >= 15 is 0 Å². The Labute approximate surface area is 220 Å². The first-order valence-corrected chi connectivity index (χ1v) is 12.3. The van der Waals surface area contributed by atoms with E-state index in [1.807, 2.05) is 63.2 Å². The second-order valence-corrected chi connectivity index (χ2v) is 10.2. The molecule has 1 saturated heterocycles. The van der Waals surface area contributed by atoms with Gasteiger partial charge in [0, 0.05) is 19.0 Å². The summed E-state index contributed by atoms with van der Waals surface area (Å²) in [6.07, 6.45) is 1.09. The van der Waals surface area contributed by atoms with Crippen molar-refractivity contribution >= 4 is 29.5 Å². The van der Waals surface area contributed by atoms with Gasteiger partial charge in [0.1, 0.15) is 5.75 Å². The molecule has 0 radical (unpaired) electrons. The third kappa shape index (κ3) is 6.63. The highest BCUT2D eigenvalue weighted by Gasteiger charge is 2.24. The molecule has 5 heteroatoms. The van der Waals surface area contributed by atoms with E-state index in [0.29, 0.717) is 24.5 Å². The van der Waals surface area contributed by atoms with Gasteiger partial charge in [-0.05, 0) is 79.1 Å². The van der Waals surface area contributed by atoms with Crippen molar-refractivity contribution in [1.29, 1.82) is 0 Å². The van der Waals surface area contributed by atoms with Crippen molar-refractivity contribution in [2.75, 3.05) is 19.8 Å². The van der Waals surface area contributed by atoms with Crippen molar-refractivity contribution in [1.82, 2.24) is 5.32 Å². The zero-order valence-electron chi connectivity index (χ0n) is 21.2. The summed E-state index contributed by atoms with van der Waals surface area (Å²) in [5.74, 6) is 0.814. The van der Waals surface area contributed by atoms with Gasteiger partial charge in [0.05, 0.1) is 12.1 Å². The van der Waals surface area contributed by atoms with Gasteiger partial charge < -0.3 is 10.1 Å². The van der Waals surface area contributed by atoms with Gasteiger partial charge in [0.15, 0.2) is 0 Å². The molecule has 1 heterocycles. The van der Waals surface area contributed by atoms with Crippen LogP contribution in [0.25, 0.3) is 11.1 Å². The Morgan fingerprint density at radius 1 is 0.889 bits per heavy atom. The number of allylic oxidation sites excluding steroid dienone is 1. The predicted molar refractivity (Wildman–Crippen MR) is 148 cm³/mol. The highest BCUT2D eigenvalue weighted by Crippen LogP contribution is 2.36. The van der Waals surface area contributed by atoms with E-state index in [2.05, 4.69) is 41.7 Å².